The predicted molar refractivity (Wildman–Crippen MR) is 91.5 cm³/mol. The minimum Gasteiger partial charge on any atom is -0.388 e. The average Bonchev–Trinajstić information content (AvgIpc) is 2.50. The molecule has 0 fully saturated rings. The standard InChI is InChI=1S/C17H25ClN2O3/c1-12(2)17(3,23)11-20-15(21)5-4-10-19-16(22)13-6-8-14(18)9-7-13/h6-9,12,23H,4-5,10-11H2,1-3H3,(H,19,22)(H,20,21). The van der Waals surface area contributed by atoms with Crippen LogP contribution in [0.3, 0.4) is 0 Å². The van der Waals surface area contributed by atoms with Gasteiger partial charge in [-0.3, -0.25) is 9.59 Å². The number of aliphatic hydroxyl groups is 1. The number of hydrogen-bond donors (Lipinski definition) is 3. The molecule has 0 aliphatic carbocycles. The monoisotopic (exact) mass is 340 g/mol. The van der Waals surface area contributed by atoms with Crippen LogP contribution in [0.4, 0.5) is 0 Å². The zero-order chi connectivity index (χ0) is 17.5. The summed E-state index contributed by atoms with van der Waals surface area (Å²) in [6.45, 7) is 6.14. The molecule has 128 valence electrons. The van der Waals surface area contributed by atoms with Gasteiger partial charge in [0.25, 0.3) is 5.91 Å². The smallest absolute Gasteiger partial charge is 0.251 e. The molecular formula is C17H25ClN2O3. The second kappa shape index (κ2) is 8.89. The summed E-state index contributed by atoms with van der Waals surface area (Å²) in [5.74, 6) is -0.266. The fourth-order valence-corrected chi connectivity index (χ4v) is 1.85. The van der Waals surface area contributed by atoms with Crippen LogP contribution in [-0.4, -0.2) is 35.6 Å². The van der Waals surface area contributed by atoms with Gasteiger partial charge in [-0.1, -0.05) is 25.4 Å². The van der Waals surface area contributed by atoms with Crippen molar-refractivity contribution in [2.24, 2.45) is 5.92 Å². The molecule has 0 aliphatic rings. The van der Waals surface area contributed by atoms with Crippen LogP contribution < -0.4 is 10.6 Å². The zero-order valence-corrected chi connectivity index (χ0v) is 14.6. The van der Waals surface area contributed by atoms with Crippen LogP contribution in [0.15, 0.2) is 24.3 Å². The fraction of sp³-hybridized carbons (Fsp3) is 0.529. The van der Waals surface area contributed by atoms with E-state index in [1.165, 1.54) is 0 Å². The summed E-state index contributed by atoms with van der Waals surface area (Å²) in [6.07, 6.45) is 0.837. The molecule has 1 rings (SSSR count). The summed E-state index contributed by atoms with van der Waals surface area (Å²) in [5.41, 5.74) is -0.384. The lowest BCUT2D eigenvalue weighted by molar-refractivity contribution is -0.122. The Morgan fingerprint density at radius 2 is 1.83 bits per heavy atom. The normalized spacial score (nSPS) is 13.5. The second-order valence-electron chi connectivity index (χ2n) is 6.15. The van der Waals surface area contributed by atoms with Gasteiger partial charge in [0, 0.05) is 30.1 Å². The van der Waals surface area contributed by atoms with Gasteiger partial charge in [-0.05, 0) is 43.5 Å². The summed E-state index contributed by atoms with van der Waals surface area (Å²) >= 11 is 5.77. The molecule has 6 heteroatoms. The maximum atomic E-state index is 11.8. The molecule has 0 aromatic heterocycles. The van der Waals surface area contributed by atoms with Gasteiger partial charge in [0.2, 0.25) is 5.91 Å². The minimum atomic E-state index is -0.918. The van der Waals surface area contributed by atoms with Crippen molar-refractivity contribution in [3.63, 3.8) is 0 Å². The quantitative estimate of drug-likeness (QED) is 0.636. The van der Waals surface area contributed by atoms with E-state index in [0.717, 1.165) is 0 Å². The molecule has 0 heterocycles. The third-order valence-corrected chi connectivity index (χ3v) is 4.11. The number of nitrogens with one attached hydrogen (secondary N) is 2. The molecule has 3 N–H and O–H groups in total. The Labute approximate surface area is 142 Å². The summed E-state index contributed by atoms with van der Waals surface area (Å²) in [6, 6.07) is 6.62. The fourth-order valence-electron chi connectivity index (χ4n) is 1.72. The molecule has 1 aromatic carbocycles. The lowest BCUT2D eigenvalue weighted by Crippen LogP contribution is -2.44. The highest BCUT2D eigenvalue weighted by Crippen LogP contribution is 2.14. The van der Waals surface area contributed by atoms with Gasteiger partial charge in [-0.2, -0.15) is 0 Å². The van der Waals surface area contributed by atoms with E-state index < -0.39 is 5.60 Å². The van der Waals surface area contributed by atoms with Crippen molar-refractivity contribution in [2.45, 2.75) is 39.2 Å². The largest absolute Gasteiger partial charge is 0.388 e. The van der Waals surface area contributed by atoms with Crippen molar-refractivity contribution in [2.75, 3.05) is 13.1 Å². The molecule has 0 aliphatic heterocycles. The molecule has 23 heavy (non-hydrogen) atoms. The van der Waals surface area contributed by atoms with Gasteiger partial charge >= 0.3 is 0 Å². The highest BCUT2D eigenvalue weighted by atomic mass is 35.5. The molecular weight excluding hydrogens is 316 g/mol. The number of benzene rings is 1. The van der Waals surface area contributed by atoms with Gasteiger partial charge in [0.05, 0.1) is 5.60 Å². The highest BCUT2D eigenvalue weighted by molar-refractivity contribution is 6.30. The van der Waals surface area contributed by atoms with Gasteiger partial charge in [0.1, 0.15) is 0 Å². The topological polar surface area (TPSA) is 78.4 Å². The summed E-state index contributed by atoms with van der Waals surface area (Å²) in [7, 11) is 0. The zero-order valence-electron chi connectivity index (χ0n) is 13.9. The number of halogens is 1. The summed E-state index contributed by atoms with van der Waals surface area (Å²) in [5, 5.41) is 16.1. The summed E-state index contributed by atoms with van der Waals surface area (Å²) < 4.78 is 0. The number of carbonyl (C=O) groups is 2. The third kappa shape index (κ3) is 7.01. The van der Waals surface area contributed by atoms with Crippen molar-refractivity contribution >= 4 is 23.4 Å². The van der Waals surface area contributed by atoms with E-state index in [0.29, 0.717) is 30.0 Å². The van der Waals surface area contributed by atoms with E-state index >= 15 is 0 Å². The lowest BCUT2D eigenvalue weighted by Gasteiger charge is -2.27. The van der Waals surface area contributed by atoms with Gasteiger partial charge in [-0.25, -0.2) is 0 Å². The minimum absolute atomic E-state index is 0.0569. The van der Waals surface area contributed by atoms with Crippen LogP contribution in [-0.2, 0) is 4.79 Å². The molecule has 0 spiro atoms. The van der Waals surface area contributed by atoms with Crippen LogP contribution in [0, 0.1) is 5.92 Å². The SMILES string of the molecule is CC(C)C(C)(O)CNC(=O)CCCNC(=O)c1ccc(Cl)cc1. The van der Waals surface area contributed by atoms with Gasteiger partial charge < -0.3 is 15.7 Å². The predicted octanol–water partition coefficient (Wildman–Crippen LogP) is 2.37. The van der Waals surface area contributed by atoms with Crippen molar-refractivity contribution < 1.29 is 14.7 Å². The Balaban J connectivity index is 2.23. The van der Waals surface area contributed by atoms with E-state index in [2.05, 4.69) is 10.6 Å². The number of rotatable bonds is 8. The Kier molecular flexibility index (Phi) is 7.52. The van der Waals surface area contributed by atoms with Crippen LogP contribution in [0.25, 0.3) is 0 Å². The first-order valence-electron chi connectivity index (χ1n) is 7.75. The van der Waals surface area contributed by atoms with Gasteiger partial charge in [0.15, 0.2) is 0 Å². The van der Waals surface area contributed by atoms with Crippen molar-refractivity contribution in [3.05, 3.63) is 34.9 Å². The maximum absolute atomic E-state index is 11.8. The third-order valence-electron chi connectivity index (χ3n) is 3.86. The van der Waals surface area contributed by atoms with E-state index in [1.54, 1.807) is 31.2 Å². The Morgan fingerprint density at radius 1 is 1.22 bits per heavy atom. The molecule has 0 saturated carbocycles. The molecule has 0 bridgehead atoms. The number of amides is 2. The number of hydrogen-bond acceptors (Lipinski definition) is 3. The van der Waals surface area contributed by atoms with Crippen molar-refractivity contribution in [1.29, 1.82) is 0 Å². The maximum Gasteiger partial charge on any atom is 0.251 e. The van der Waals surface area contributed by atoms with Crippen LogP contribution in [0.2, 0.25) is 5.02 Å². The summed E-state index contributed by atoms with van der Waals surface area (Å²) in [4.78, 5) is 23.6. The van der Waals surface area contributed by atoms with Crippen LogP contribution in [0.1, 0.15) is 44.0 Å². The molecule has 5 nitrogen and oxygen atoms in total. The van der Waals surface area contributed by atoms with E-state index in [1.807, 2.05) is 13.8 Å². The molecule has 2 amide bonds. The Hall–Kier alpha value is -1.59. The Morgan fingerprint density at radius 3 is 2.39 bits per heavy atom. The van der Waals surface area contributed by atoms with Gasteiger partial charge in [-0.15, -0.1) is 0 Å². The first kappa shape index (κ1) is 19.5. The lowest BCUT2D eigenvalue weighted by atomic mass is 9.92. The van der Waals surface area contributed by atoms with Crippen LogP contribution >= 0.6 is 11.6 Å². The van der Waals surface area contributed by atoms with E-state index in [-0.39, 0.29) is 24.3 Å². The first-order valence-corrected chi connectivity index (χ1v) is 8.13. The molecule has 0 radical (unpaired) electrons. The second-order valence-corrected chi connectivity index (χ2v) is 6.59. The molecule has 1 unspecified atom stereocenters. The van der Waals surface area contributed by atoms with Crippen molar-refractivity contribution in [3.8, 4) is 0 Å². The van der Waals surface area contributed by atoms with E-state index in [9.17, 15) is 14.7 Å². The first-order chi connectivity index (χ1) is 10.7. The van der Waals surface area contributed by atoms with E-state index in [4.69, 9.17) is 11.6 Å². The highest BCUT2D eigenvalue weighted by Gasteiger charge is 2.25. The van der Waals surface area contributed by atoms with Crippen LogP contribution in [0.5, 0.6) is 0 Å². The molecule has 0 saturated heterocycles. The number of carbonyl (C=O) groups excluding carboxylic acids is 2. The average molecular weight is 341 g/mol. The van der Waals surface area contributed by atoms with Crippen molar-refractivity contribution in [1.82, 2.24) is 10.6 Å². The molecule has 1 atom stereocenters. The molecule has 1 aromatic rings. The Bertz CT molecular complexity index is 527.